The predicted octanol–water partition coefficient (Wildman–Crippen LogP) is 0.799. The van der Waals surface area contributed by atoms with Gasteiger partial charge in [-0.05, 0) is 28.1 Å². The fourth-order valence-corrected chi connectivity index (χ4v) is 1.89. The van der Waals surface area contributed by atoms with E-state index in [0.717, 1.165) is 4.47 Å². The summed E-state index contributed by atoms with van der Waals surface area (Å²) in [4.78, 5) is 0. The van der Waals surface area contributed by atoms with Gasteiger partial charge in [-0.1, -0.05) is 0 Å². The summed E-state index contributed by atoms with van der Waals surface area (Å²) in [5.74, 6) is 6.70. The molecule has 1 aromatic rings. The molecule has 1 aliphatic rings. The van der Waals surface area contributed by atoms with E-state index >= 15 is 0 Å². The van der Waals surface area contributed by atoms with Crippen molar-refractivity contribution in [1.82, 2.24) is 0 Å². The molecule has 5 nitrogen and oxygen atoms in total. The van der Waals surface area contributed by atoms with Crippen LogP contribution in [0.2, 0.25) is 0 Å². The van der Waals surface area contributed by atoms with Gasteiger partial charge in [0.1, 0.15) is 19.0 Å². The van der Waals surface area contributed by atoms with Gasteiger partial charge >= 0.3 is 0 Å². The van der Waals surface area contributed by atoms with E-state index in [4.69, 9.17) is 21.1 Å². The third-order valence-corrected chi connectivity index (χ3v) is 2.62. The molecule has 0 spiro atoms. The maximum atomic E-state index is 5.60. The fraction of sp³-hybridized carbons (Fsp3) is 0.222. The molecule has 1 heterocycles. The topological polar surface area (TPSA) is 82.9 Å². The van der Waals surface area contributed by atoms with Crippen LogP contribution in [-0.4, -0.2) is 19.0 Å². The second kappa shape index (κ2) is 3.98. The summed E-state index contributed by atoms with van der Waals surface area (Å²) < 4.78 is 11.7. The van der Waals surface area contributed by atoms with Crippen LogP contribution in [-0.2, 0) is 0 Å². The molecule has 0 amide bonds. The number of hydrogen-bond donors (Lipinski definition) is 2. The highest BCUT2D eigenvalue weighted by Crippen LogP contribution is 2.38. The molecule has 4 N–H and O–H groups in total. The Morgan fingerprint density at radius 2 is 2.07 bits per heavy atom. The lowest BCUT2D eigenvalue weighted by molar-refractivity contribution is 0.170. The molecule has 15 heavy (non-hydrogen) atoms. The van der Waals surface area contributed by atoms with Crippen molar-refractivity contribution in [3.05, 3.63) is 22.2 Å². The third-order valence-electron chi connectivity index (χ3n) is 2.03. The van der Waals surface area contributed by atoms with Crippen molar-refractivity contribution < 1.29 is 9.47 Å². The van der Waals surface area contributed by atoms with Crippen LogP contribution in [0.25, 0.3) is 0 Å². The molecule has 0 aliphatic carbocycles. The first-order chi connectivity index (χ1) is 7.22. The Hall–Kier alpha value is -1.43. The third kappa shape index (κ3) is 1.85. The zero-order valence-corrected chi connectivity index (χ0v) is 9.45. The molecule has 0 aromatic heterocycles. The molecular formula is C9H10BrN3O2. The van der Waals surface area contributed by atoms with Crippen molar-refractivity contribution in [2.75, 3.05) is 13.2 Å². The summed E-state index contributed by atoms with van der Waals surface area (Å²) in [5.41, 5.74) is 6.31. The van der Waals surface area contributed by atoms with Gasteiger partial charge in [-0.2, -0.15) is 5.10 Å². The van der Waals surface area contributed by atoms with Crippen LogP contribution in [0.1, 0.15) is 5.56 Å². The van der Waals surface area contributed by atoms with Crippen LogP contribution in [0, 0.1) is 0 Å². The van der Waals surface area contributed by atoms with E-state index in [1.165, 1.54) is 0 Å². The Labute approximate surface area is 95.2 Å². The van der Waals surface area contributed by atoms with E-state index in [1.807, 2.05) is 0 Å². The molecule has 0 atom stereocenters. The summed E-state index contributed by atoms with van der Waals surface area (Å²) in [5, 5.41) is 3.43. The molecule has 6 heteroatoms. The van der Waals surface area contributed by atoms with Crippen molar-refractivity contribution in [2.24, 2.45) is 16.7 Å². The average molecular weight is 272 g/mol. The van der Waals surface area contributed by atoms with Gasteiger partial charge in [0.2, 0.25) is 0 Å². The van der Waals surface area contributed by atoms with Gasteiger partial charge in [0.15, 0.2) is 11.5 Å². The summed E-state index contributed by atoms with van der Waals surface area (Å²) in [6.07, 6.45) is 0. The first-order valence-electron chi connectivity index (χ1n) is 4.35. The highest BCUT2D eigenvalue weighted by Gasteiger charge is 2.17. The van der Waals surface area contributed by atoms with Crippen LogP contribution < -0.4 is 21.1 Å². The minimum atomic E-state index is 0.257. The summed E-state index contributed by atoms with van der Waals surface area (Å²) >= 11 is 3.37. The lowest BCUT2D eigenvalue weighted by Gasteiger charge is -2.20. The SMILES string of the molecule is N/N=C(/N)c1cc(Br)c2c(c1)OCCO2. The van der Waals surface area contributed by atoms with Gasteiger partial charge in [-0.25, -0.2) is 0 Å². The standard InChI is InChI=1S/C9H10BrN3O2/c10-6-3-5(9(11)13-12)4-7-8(6)15-2-1-14-7/h3-4H,1-2,12H2,(H2,11,13). The van der Waals surface area contributed by atoms with Crippen LogP contribution in [0.15, 0.2) is 21.7 Å². The Morgan fingerprint density at radius 1 is 1.33 bits per heavy atom. The highest BCUT2D eigenvalue weighted by molar-refractivity contribution is 9.10. The molecule has 1 aromatic carbocycles. The number of rotatable bonds is 1. The number of amidine groups is 1. The van der Waals surface area contributed by atoms with E-state index in [-0.39, 0.29) is 5.84 Å². The molecule has 80 valence electrons. The van der Waals surface area contributed by atoms with Gasteiger partial charge in [-0.3, -0.25) is 0 Å². The van der Waals surface area contributed by atoms with E-state index in [2.05, 4.69) is 21.0 Å². The Morgan fingerprint density at radius 3 is 2.80 bits per heavy atom. The first-order valence-corrected chi connectivity index (χ1v) is 5.14. The number of ether oxygens (including phenoxy) is 2. The lowest BCUT2D eigenvalue weighted by atomic mass is 10.2. The monoisotopic (exact) mass is 271 g/mol. The molecule has 0 unspecified atom stereocenters. The average Bonchev–Trinajstić information content (AvgIpc) is 2.28. The molecule has 1 aliphatic heterocycles. The number of fused-ring (bicyclic) bond motifs is 1. The molecule has 0 saturated carbocycles. The number of benzene rings is 1. The lowest BCUT2D eigenvalue weighted by Crippen LogP contribution is -2.19. The van der Waals surface area contributed by atoms with Gasteiger partial charge in [0.25, 0.3) is 0 Å². The van der Waals surface area contributed by atoms with Crippen molar-refractivity contribution in [1.29, 1.82) is 0 Å². The summed E-state index contributed by atoms with van der Waals surface area (Å²) in [6.45, 7) is 1.08. The summed E-state index contributed by atoms with van der Waals surface area (Å²) in [7, 11) is 0. The zero-order valence-electron chi connectivity index (χ0n) is 7.87. The number of hydrazone groups is 1. The van der Waals surface area contributed by atoms with Crippen molar-refractivity contribution in [3.8, 4) is 11.5 Å². The molecule has 0 radical (unpaired) electrons. The Bertz CT molecular complexity index is 420. The van der Waals surface area contributed by atoms with Crippen molar-refractivity contribution >= 4 is 21.8 Å². The van der Waals surface area contributed by atoms with Crippen molar-refractivity contribution in [2.45, 2.75) is 0 Å². The second-order valence-corrected chi connectivity index (χ2v) is 3.85. The number of nitrogens with two attached hydrogens (primary N) is 2. The van der Waals surface area contributed by atoms with Crippen LogP contribution in [0.4, 0.5) is 0 Å². The van der Waals surface area contributed by atoms with E-state index in [1.54, 1.807) is 12.1 Å². The van der Waals surface area contributed by atoms with Gasteiger partial charge in [-0.15, -0.1) is 0 Å². The van der Waals surface area contributed by atoms with Gasteiger partial charge in [0, 0.05) is 5.56 Å². The van der Waals surface area contributed by atoms with E-state index < -0.39 is 0 Å². The number of halogens is 1. The van der Waals surface area contributed by atoms with Crippen LogP contribution >= 0.6 is 15.9 Å². The molecule has 0 fully saturated rings. The Kier molecular flexibility index (Phi) is 2.68. The minimum Gasteiger partial charge on any atom is -0.486 e. The first kappa shape index (κ1) is 10.1. The van der Waals surface area contributed by atoms with Gasteiger partial charge in [0.05, 0.1) is 4.47 Å². The maximum Gasteiger partial charge on any atom is 0.175 e. The number of nitrogens with zero attached hydrogens (tertiary/aromatic N) is 1. The molecule has 0 bridgehead atoms. The summed E-state index contributed by atoms with van der Waals surface area (Å²) in [6, 6.07) is 3.55. The maximum absolute atomic E-state index is 5.60. The van der Waals surface area contributed by atoms with E-state index in [9.17, 15) is 0 Å². The van der Waals surface area contributed by atoms with Crippen molar-refractivity contribution in [3.63, 3.8) is 0 Å². The zero-order chi connectivity index (χ0) is 10.8. The quantitative estimate of drug-likeness (QED) is 0.343. The largest absolute Gasteiger partial charge is 0.486 e. The molecular weight excluding hydrogens is 262 g/mol. The minimum absolute atomic E-state index is 0.257. The number of hydrogen-bond acceptors (Lipinski definition) is 4. The second-order valence-electron chi connectivity index (χ2n) is 3.00. The smallest absolute Gasteiger partial charge is 0.175 e. The molecule has 0 saturated heterocycles. The Balaban J connectivity index is 2.49. The van der Waals surface area contributed by atoms with Gasteiger partial charge < -0.3 is 21.1 Å². The molecule has 2 rings (SSSR count). The van der Waals surface area contributed by atoms with Crippen LogP contribution in [0.3, 0.4) is 0 Å². The van der Waals surface area contributed by atoms with E-state index in [0.29, 0.717) is 30.3 Å². The van der Waals surface area contributed by atoms with Crippen LogP contribution in [0.5, 0.6) is 11.5 Å². The fourth-order valence-electron chi connectivity index (χ4n) is 1.33. The normalized spacial score (nSPS) is 15.1. The predicted molar refractivity (Wildman–Crippen MR) is 60.0 cm³/mol. The highest BCUT2D eigenvalue weighted by atomic mass is 79.9.